The van der Waals surface area contributed by atoms with E-state index in [1.54, 1.807) is 0 Å². The third-order valence-electron chi connectivity index (χ3n) is 6.07. The molecule has 0 spiro atoms. The fourth-order valence-corrected chi connectivity index (χ4v) is 4.43. The molecule has 5 rings (SSSR count). The van der Waals surface area contributed by atoms with Crippen molar-refractivity contribution in [1.29, 1.82) is 0 Å². The van der Waals surface area contributed by atoms with Crippen molar-refractivity contribution in [2.45, 2.75) is 20.8 Å². The predicted molar refractivity (Wildman–Crippen MR) is 146 cm³/mol. The Kier molecular flexibility index (Phi) is 6.94. The van der Waals surface area contributed by atoms with Crippen LogP contribution in [0.1, 0.15) is 20.8 Å². The average Bonchev–Trinajstić information content (AvgIpc) is 3.29. The lowest BCUT2D eigenvalue weighted by molar-refractivity contribution is 0.340. The summed E-state index contributed by atoms with van der Waals surface area (Å²) >= 11 is 0. The largest absolute Gasteiger partial charge is 0.494 e. The molecule has 5 aromatic rings. The van der Waals surface area contributed by atoms with Crippen LogP contribution in [-0.4, -0.2) is 19.8 Å². The Morgan fingerprint density at radius 2 is 0.944 bits per heavy atom. The number of ether oxygens (including phenoxy) is 3. The predicted octanol–water partition coefficient (Wildman–Crippen LogP) is 8.63. The Labute approximate surface area is 212 Å². The molecule has 0 bridgehead atoms. The van der Waals surface area contributed by atoms with E-state index in [4.69, 9.17) is 18.6 Å². The first-order valence-electron chi connectivity index (χ1n) is 12.5. The van der Waals surface area contributed by atoms with Crippen LogP contribution in [0, 0.1) is 0 Å². The summed E-state index contributed by atoms with van der Waals surface area (Å²) in [6.07, 6.45) is 0. The summed E-state index contributed by atoms with van der Waals surface area (Å²) in [7, 11) is 0. The molecule has 0 radical (unpaired) electrons. The fourth-order valence-electron chi connectivity index (χ4n) is 4.43. The molecule has 0 N–H and O–H groups in total. The van der Waals surface area contributed by atoms with Gasteiger partial charge >= 0.3 is 0 Å². The van der Waals surface area contributed by atoms with Crippen molar-refractivity contribution in [3.63, 3.8) is 0 Å². The summed E-state index contributed by atoms with van der Waals surface area (Å²) in [5.74, 6) is 3.41. The van der Waals surface area contributed by atoms with Crippen LogP contribution in [0.3, 0.4) is 0 Å². The van der Waals surface area contributed by atoms with Crippen LogP contribution in [0.2, 0.25) is 0 Å². The van der Waals surface area contributed by atoms with Crippen molar-refractivity contribution in [3.8, 4) is 50.8 Å². The van der Waals surface area contributed by atoms with Gasteiger partial charge in [-0.2, -0.15) is 0 Å². The quantitative estimate of drug-likeness (QED) is 0.213. The molecule has 36 heavy (non-hydrogen) atoms. The summed E-state index contributed by atoms with van der Waals surface area (Å²) in [5.41, 5.74) is 6.23. The van der Waals surface area contributed by atoms with Crippen molar-refractivity contribution < 1.29 is 18.6 Å². The highest BCUT2D eigenvalue weighted by atomic mass is 16.5. The first-order chi connectivity index (χ1) is 17.7. The van der Waals surface area contributed by atoms with Gasteiger partial charge in [0.1, 0.15) is 28.6 Å². The highest BCUT2D eigenvalue weighted by Gasteiger charge is 2.19. The van der Waals surface area contributed by atoms with Crippen LogP contribution in [0.25, 0.3) is 44.5 Å². The summed E-state index contributed by atoms with van der Waals surface area (Å²) in [5, 5.41) is 1.06. The second-order valence-electron chi connectivity index (χ2n) is 8.39. The Hall–Kier alpha value is -4.18. The van der Waals surface area contributed by atoms with Gasteiger partial charge < -0.3 is 18.6 Å². The Morgan fingerprint density at radius 3 is 1.44 bits per heavy atom. The molecule has 4 heteroatoms. The van der Waals surface area contributed by atoms with Crippen molar-refractivity contribution >= 4 is 11.0 Å². The van der Waals surface area contributed by atoms with E-state index in [-0.39, 0.29) is 0 Å². The minimum atomic E-state index is 0.635. The van der Waals surface area contributed by atoms with Crippen LogP contribution in [0.4, 0.5) is 0 Å². The zero-order valence-electron chi connectivity index (χ0n) is 20.9. The van der Waals surface area contributed by atoms with E-state index in [0.717, 1.165) is 61.8 Å². The lowest BCUT2D eigenvalue weighted by Crippen LogP contribution is -1.91. The smallest absolute Gasteiger partial charge is 0.143 e. The molecule has 1 heterocycles. The van der Waals surface area contributed by atoms with Crippen LogP contribution in [0.15, 0.2) is 95.4 Å². The standard InChI is InChI=1S/C32H30O4/c1-4-33-26-14-7-22(8-15-26)25-13-20-30-29(21-25)31(23-9-16-27(17-10-23)34-5-2)32(36-30)24-11-18-28(19-12-24)35-6-3/h7-21H,4-6H2,1-3H3. The van der Waals surface area contributed by atoms with Crippen molar-refractivity contribution in [1.82, 2.24) is 0 Å². The second kappa shape index (κ2) is 10.6. The highest BCUT2D eigenvalue weighted by molar-refractivity contribution is 6.03. The molecule has 0 aliphatic rings. The molecule has 1 aromatic heterocycles. The van der Waals surface area contributed by atoms with Gasteiger partial charge in [-0.1, -0.05) is 30.3 Å². The molecule has 0 aliphatic heterocycles. The molecule has 0 fully saturated rings. The van der Waals surface area contributed by atoms with Crippen LogP contribution < -0.4 is 14.2 Å². The number of hydrogen-bond donors (Lipinski definition) is 0. The first kappa shape index (κ1) is 23.6. The maximum Gasteiger partial charge on any atom is 0.143 e. The molecular weight excluding hydrogens is 448 g/mol. The van der Waals surface area contributed by atoms with Crippen LogP contribution >= 0.6 is 0 Å². The Balaban J connectivity index is 1.64. The van der Waals surface area contributed by atoms with E-state index < -0.39 is 0 Å². The lowest BCUT2D eigenvalue weighted by Gasteiger charge is -2.08. The maximum absolute atomic E-state index is 6.47. The normalized spacial score (nSPS) is 11.0. The molecule has 0 aliphatic carbocycles. The molecule has 0 amide bonds. The van der Waals surface area contributed by atoms with Gasteiger partial charge in [0.05, 0.1) is 19.8 Å². The van der Waals surface area contributed by atoms with E-state index in [1.807, 2.05) is 69.3 Å². The minimum absolute atomic E-state index is 0.635. The topological polar surface area (TPSA) is 40.8 Å². The van der Waals surface area contributed by atoms with Crippen LogP contribution in [0.5, 0.6) is 17.2 Å². The van der Waals surface area contributed by atoms with E-state index in [2.05, 4.69) is 42.5 Å². The molecular formula is C32H30O4. The van der Waals surface area contributed by atoms with E-state index >= 15 is 0 Å². The lowest BCUT2D eigenvalue weighted by atomic mass is 9.96. The molecule has 0 atom stereocenters. The zero-order chi connectivity index (χ0) is 24.9. The fraction of sp³-hybridized carbons (Fsp3) is 0.188. The first-order valence-corrected chi connectivity index (χ1v) is 12.5. The molecule has 4 nitrogen and oxygen atoms in total. The second-order valence-corrected chi connectivity index (χ2v) is 8.39. The van der Waals surface area contributed by atoms with Gasteiger partial charge in [0.2, 0.25) is 0 Å². The summed E-state index contributed by atoms with van der Waals surface area (Å²) < 4.78 is 23.4. The van der Waals surface area contributed by atoms with E-state index in [0.29, 0.717) is 19.8 Å². The molecule has 4 aromatic carbocycles. The zero-order valence-corrected chi connectivity index (χ0v) is 20.9. The van der Waals surface area contributed by atoms with Crippen molar-refractivity contribution in [3.05, 3.63) is 91.0 Å². The molecule has 0 saturated heterocycles. The van der Waals surface area contributed by atoms with E-state index in [1.165, 1.54) is 0 Å². The molecule has 0 saturated carbocycles. The van der Waals surface area contributed by atoms with Crippen molar-refractivity contribution in [2.24, 2.45) is 0 Å². The Bertz CT molecular complexity index is 1430. The van der Waals surface area contributed by atoms with Gasteiger partial charge in [-0.05, 0) is 98.1 Å². The van der Waals surface area contributed by atoms with Gasteiger partial charge in [-0.15, -0.1) is 0 Å². The molecule has 0 unspecified atom stereocenters. The summed E-state index contributed by atoms with van der Waals surface area (Å²) in [4.78, 5) is 0. The highest BCUT2D eigenvalue weighted by Crippen LogP contribution is 2.43. The number of hydrogen-bond acceptors (Lipinski definition) is 4. The van der Waals surface area contributed by atoms with Crippen molar-refractivity contribution in [2.75, 3.05) is 19.8 Å². The van der Waals surface area contributed by atoms with Gasteiger partial charge in [0.25, 0.3) is 0 Å². The Morgan fingerprint density at radius 1 is 0.500 bits per heavy atom. The van der Waals surface area contributed by atoms with Gasteiger partial charge in [0.15, 0.2) is 0 Å². The number of fused-ring (bicyclic) bond motifs is 1. The number of benzene rings is 4. The van der Waals surface area contributed by atoms with Gasteiger partial charge in [-0.25, -0.2) is 0 Å². The SMILES string of the molecule is CCOc1ccc(-c2ccc3oc(-c4ccc(OCC)cc4)c(-c4ccc(OCC)cc4)c3c2)cc1. The van der Waals surface area contributed by atoms with Crippen LogP contribution in [-0.2, 0) is 0 Å². The summed E-state index contributed by atoms with van der Waals surface area (Å²) in [6.45, 7) is 7.89. The number of rotatable bonds is 9. The molecule has 182 valence electrons. The van der Waals surface area contributed by atoms with Gasteiger partial charge in [0, 0.05) is 16.5 Å². The minimum Gasteiger partial charge on any atom is -0.494 e. The maximum atomic E-state index is 6.47. The summed E-state index contributed by atoms with van der Waals surface area (Å²) in [6, 6.07) is 30.8. The van der Waals surface area contributed by atoms with Gasteiger partial charge in [-0.3, -0.25) is 0 Å². The van der Waals surface area contributed by atoms with E-state index in [9.17, 15) is 0 Å². The number of furan rings is 1. The third-order valence-corrected chi connectivity index (χ3v) is 6.07. The average molecular weight is 479 g/mol. The monoisotopic (exact) mass is 478 g/mol. The third kappa shape index (κ3) is 4.80.